The van der Waals surface area contributed by atoms with Crippen LogP contribution in [0.1, 0.15) is 361 Å². The van der Waals surface area contributed by atoms with Crippen molar-refractivity contribution in [3.63, 3.8) is 0 Å². The molecule has 1 unspecified atom stereocenters. The molecule has 6 nitrogen and oxygen atoms in total. The first-order chi connectivity index (χ1) is 35.5. The van der Waals surface area contributed by atoms with Crippen molar-refractivity contribution < 1.29 is 28.6 Å². The van der Waals surface area contributed by atoms with Crippen LogP contribution in [0.2, 0.25) is 0 Å². The molecular formula is C66H124O6. The van der Waals surface area contributed by atoms with Crippen LogP contribution in [0.4, 0.5) is 0 Å². The van der Waals surface area contributed by atoms with Gasteiger partial charge in [0.2, 0.25) is 0 Å². The first-order valence-corrected chi connectivity index (χ1v) is 32.3. The summed E-state index contributed by atoms with van der Waals surface area (Å²) in [7, 11) is 0. The molecule has 0 radical (unpaired) electrons. The number of allylic oxidation sites excluding steroid dienone is 4. The van der Waals surface area contributed by atoms with Crippen molar-refractivity contribution in [1.82, 2.24) is 0 Å². The maximum Gasteiger partial charge on any atom is 0.306 e. The molecule has 0 heterocycles. The lowest BCUT2D eigenvalue weighted by molar-refractivity contribution is -0.167. The van der Waals surface area contributed by atoms with Crippen molar-refractivity contribution in [2.45, 2.75) is 367 Å². The van der Waals surface area contributed by atoms with Crippen LogP contribution in [0, 0.1) is 0 Å². The van der Waals surface area contributed by atoms with E-state index in [1.54, 1.807) is 0 Å². The zero-order valence-corrected chi connectivity index (χ0v) is 48.7. The lowest BCUT2D eigenvalue weighted by atomic mass is 10.0. The van der Waals surface area contributed by atoms with Crippen molar-refractivity contribution in [1.29, 1.82) is 0 Å². The van der Waals surface area contributed by atoms with Crippen LogP contribution >= 0.6 is 0 Å². The Bertz CT molecular complexity index is 1160. The molecule has 0 aliphatic rings. The first-order valence-electron chi connectivity index (χ1n) is 32.3. The average molecular weight is 1010 g/mol. The van der Waals surface area contributed by atoms with Crippen LogP contribution in [0.5, 0.6) is 0 Å². The van der Waals surface area contributed by atoms with Crippen LogP contribution in [-0.2, 0) is 28.6 Å². The van der Waals surface area contributed by atoms with Gasteiger partial charge in [-0.25, -0.2) is 0 Å². The van der Waals surface area contributed by atoms with Gasteiger partial charge in [0.25, 0.3) is 0 Å². The summed E-state index contributed by atoms with van der Waals surface area (Å²) in [6.07, 6.45) is 73.5. The van der Waals surface area contributed by atoms with E-state index in [2.05, 4.69) is 45.1 Å². The Kier molecular flexibility index (Phi) is 59.6. The molecular weight excluding hydrogens is 889 g/mol. The van der Waals surface area contributed by atoms with Gasteiger partial charge in [0.05, 0.1) is 0 Å². The number of hydrogen-bond donors (Lipinski definition) is 0. The minimum absolute atomic E-state index is 0.0715. The van der Waals surface area contributed by atoms with E-state index < -0.39 is 6.10 Å². The average Bonchev–Trinajstić information content (AvgIpc) is 3.38. The molecule has 0 aromatic rings. The summed E-state index contributed by atoms with van der Waals surface area (Å²) in [5.41, 5.74) is 0. The molecule has 1 atom stereocenters. The maximum atomic E-state index is 12.8. The minimum atomic E-state index is -0.774. The Morgan fingerprint density at radius 2 is 0.514 bits per heavy atom. The zero-order chi connectivity index (χ0) is 52.2. The van der Waals surface area contributed by atoms with E-state index in [-0.39, 0.29) is 31.1 Å². The van der Waals surface area contributed by atoms with Gasteiger partial charge in [0, 0.05) is 19.3 Å². The third kappa shape index (κ3) is 58.8. The number of esters is 3. The highest BCUT2D eigenvalue weighted by molar-refractivity contribution is 5.71. The third-order valence-electron chi connectivity index (χ3n) is 14.7. The molecule has 0 aromatic heterocycles. The van der Waals surface area contributed by atoms with Gasteiger partial charge in [0.1, 0.15) is 13.2 Å². The van der Waals surface area contributed by atoms with Gasteiger partial charge < -0.3 is 14.2 Å². The maximum absolute atomic E-state index is 12.8. The second-order valence-electron chi connectivity index (χ2n) is 22.0. The Morgan fingerprint density at radius 1 is 0.278 bits per heavy atom. The van der Waals surface area contributed by atoms with Crippen LogP contribution < -0.4 is 0 Å². The molecule has 0 fully saturated rings. The van der Waals surface area contributed by atoms with Crippen LogP contribution in [0.3, 0.4) is 0 Å². The molecule has 0 aromatic carbocycles. The SMILES string of the molecule is CCCC/C=C\C/C=C\CCCCCCCC(=O)OC(COC(=O)CCCCCCCCCCCCC)COC(=O)CCCCCCCCCCCCCCCCCCCCCCCCCCCCCCC. The molecule has 0 amide bonds. The quantitative estimate of drug-likeness (QED) is 0.0261. The predicted molar refractivity (Wildman–Crippen MR) is 312 cm³/mol. The van der Waals surface area contributed by atoms with E-state index >= 15 is 0 Å². The number of carbonyl (C=O) groups excluding carboxylic acids is 3. The van der Waals surface area contributed by atoms with E-state index in [9.17, 15) is 14.4 Å². The van der Waals surface area contributed by atoms with Gasteiger partial charge in [-0.15, -0.1) is 0 Å². The highest BCUT2D eigenvalue weighted by Gasteiger charge is 2.19. The van der Waals surface area contributed by atoms with Gasteiger partial charge in [-0.3, -0.25) is 14.4 Å². The molecule has 0 rings (SSSR count). The molecule has 424 valence electrons. The summed E-state index contributed by atoms with van der Waals surface area (Å²) in [5.74, 6) is -0.863. The fourth-order valence-corrected chi connectivity index (χ4v) is 9.82. The number of carbonyl (C=O) groups is 3. The normalized spacial score (nSPS) is 12.1. The molecule has 0 bridgehead atoms. The van der Waals surface area contributed by atoms with E-state index in [1.807, 2.05) is 0 Å². The van der Waals surface area contributed by atoms with Crippen molar-refractivity contribution in [3.8, 4) is 0 Å². The van der Waals surface area contributed by atoms with Crippen LogP contribution in [0.25, 0.3) is 0 Å². The van der Waals surface area contributed by atoms with Crippen molar-refractivity contribution in [2.24, 2.45) is 0 Å². The lowest BCUT2D eigenvalue weighted by Gasteiger charge is -2.18. The number of ether oxygens (including phenoxy) is 3. The summed E-state index contributed by atoms with van der Waals surface area (Å²) in [6, 6.07) is 0. The Hall–Kier alpha value is -2.11. The van der Waals surface area contributed by atoms with Gasteiger partial charge in [0.15, 0.2) is 6.10 Å². The molecule has 0 aliphatic carbocycles. The Morgan fingerprint density at radius 3 is 0.806 bits per heavy atom. The summed E-state index contributed by atoms with van der Waals surface area (Å²) in [6.45, 7) is 6.64. The molecule has 0 N–H and O–H groups in total. The fraction of sp³-hybridized carbons (Fsp3) is 0.894. The number of unbranched alkanes of at least 4 members (excludes halogenated alkanes) is 45. The number of hydrogen-bond acceptors (Lipinski definition) is 6. The topological polar surface area (TPSA) is 78.9 Å². The van der Waals surface area contributed by atoms with E-state index in [0.717, 1.165) is 83.5 Å². The molecule has 6 heteroatoms. The zero-order valence-electron chi connectivity index (χ0n) is 48.7. The molecule has 72 heavy (non-hydrogen) atoms. The van der Waals surface area contributed by atoms with E-state index in [4.69, 9.17) is 14.2 Å². The van der Waals surface area contributed by atoms with Crippen LogP contribution in [-0.4, -0.2) is 37.2 Å². The van der Waals surface area contributed by atoms with E-state index in [0.29, 0.717) is 19.3 Å². The lowest BCUT2D eigenvalue weighted by Crippen LogP contribution is -2.30. The summed E-state index contributed by atoms with van der Waals surface area (Å²) in [5, 5.41) is 0. The van der Waals surface area contributed by atoms with E-state index in [1.165, 1.54) is 238 Å². The second-order valence-corrected chi connectivity index (χ2v) is 22.0. The van der Waals surface area contributed by atoms with Crippen LogP contribution in [0.15, 0.2) is 24.3 Å². The summed E-state index contributed by atoms with van der Waals surface area (Å²) < 4.78 is 16.9. The monoisotopic (exact) mass is 1010 g/mol. The van der Waals surface area contributed by atoms with Gasteiger partial charge >= 0.3 is 17.9 Å². The predicted octanol–water partition coefficient (Wildman–Crippen LogP) is 21.8. The van der Waals surface area contributed by atoms with Gasteiger partial charge in [-0.1, -0.05) is 321 Å². The highest BCUT2D eigenvalue weighted by Crippen LogP contribution is 2.18. The summed E-state index contributed by atoms with van der Waals surface area (Å²) >= 11 is 0. The molecule has 0 saturated carbocycles. The standard InChI is InChI=1S/C66H124O6/c1-4-7-10-13-16-19-22-24-26-27-28-29-30-31-32-33-34-35-36-37-38-39-40-42-44-47-50-53-56-59-65(68)71-62-63(61-70-64(67)58-55-52-49-46-43-21-18-15-12-9-6-3)72-66(69)60-57-54-51-48-45-41-25-23-20-17-14-11-8-5-2/h14,17,23,25,63H,4-13,15-16,18-22,24,26-62H2,1-3H3/b17-14-,25-23-. The molecule has 0 aliphatic heterocycles. The Balaban J connectivity index is 4.09. The fourth-order valence-electron chi connectivity index (χ4n) is 9.82. The van der Waals surface area contributed by atoms with Gasteiger partial charge in [-0.2, -0.15) is 0 Å². The molecule has 0 spiro atoms. The summed E-state index contributed by atoms with van der Waals surface area (Å²) in [4.78, 5) is 38.2. The minimum Gasteiger partial charge on any atom is -0.462 e. The number of rotatable bonds is 60. The Labute approximate surface area is 449 Å². The van der Waals surface area contributed by atoms with Crippen molar-refractivity contribution >= 4 is 17.9 Å². The molecule has 0 saturated heterocycles. The largest absolute Gasteiger partial charge is 0.462 e. The highest BCUT2D eigenvalue weighted by atomic mass is 16.6. The first kappa shape index (κ1) is 69.9. The van der Waals surface area contributed by atoms with Gasteiger partial charge in [-0.05, 0) is 44.9 Å². The second kappa shape index (κ2) is 61.4. The van der Waals surface area contributed by atoms with Crippen molar-refractivity contribution in [3.05, 3.63) is 24.3 Å². The smallest absolute Gasteiger partial charge is 0.306 e. The third-order valence-corrected chi connectivity index (χ3v) is 14.7. The van der Waals surface area contributed by atoms with Crippen molar-refractivity contribution in [2.75, 3.05) is 13.2 Å².